The van der Waals surface area contributed by atoms with Crippen LogP contribution in [0.1, 0.15) is 45.7 Å². The van der Waals surface area contributed by atoms with Gasteiger partial charge in [0, 0.05) is 42.6 Å². The highest BCUT2D eigenvalue weighted by Crippen LogP contribution is 2.31. The van der Waals surface area contributed by atoms with Crippen LogP contribution in [0, 0.1) is 13.8 Å². The lowest BCUT2D eigenvalue weighted by molar-refractivity contribution is -0.127. The van der Waals surface area contributed by atoms with E-state index in [0.717, 1.165) is 13.8 Å². The predicted molar refractivity (Wildman–Crippen MR) is 243 cm³/mol. The number of anilines is 4. The molecule has 2 atom stereocenters. The van der Waals surface area contributed by atoms with Crippen LogP contribution in [0.25, 0.3) is 0 Å². The van der Waals surface area contributed by atoms with Crippen LogP contribution in [-0.4, -0.2) is 47.3 Å². The topological polar surface area (TPSA) is 200 Å². The zero-order valence-electron chi connectivity index (χ0n) is 32.7. The molecule has 2 unspecified atom stereocenters. The molecule has 0 bridgehead atoms. The van der Waals surface area contributed by atoms with Gasteiger partial charge in [-0.15, -0.1) is 0 Å². The Bertz CT molecular complexity index is 2530. The van der Waals surface area contributed by atoms with E-state index >= 15 is 0 Å². The Labute approximate surface area is 384 Å². The van der Waals surface area contributed by atoms with Crippen molar-refractivity contribution in [1.29, 1.82) is 0 Å². The summed E-state index contributed by atoms with van der Waals surface area (Å²) in [5.74, 6) is -4.07. The summed E-state index contributed by atoms with van der Waals surface area (Å²) in [6.45, 7) is 5.65. The van der Waals surface area contributed by atoms with Crippen molar-refractivity contribution >= 4 is 139 Å². The number of amides is 4. The van der Waals surface area contributed by atoms with Crippen LogP contribution in [0.4, 0.5) is 34.1 Å². The van der Waals surface area contributed by atoms with Crippen LogP contribution in [0.2, 0.25) is 30.1 Å². The fourth-order valence-corrected chi connectivity index (χ4v) is 6.61. The van der Waals surface area contributed by atoms with Gasteiger partial charge in [-0.25, -0.2) is 0 Å². The van der Waals surface area contributed by atoms with Gasteiger partial charge in [-0.3, -0.25) is 28.8 Å². The Morgan fingerprint density at radius 2 is 0.823 bits per heavy atom. The second-order valence-electron chi connectivity index (χ2n) is 13.4. The van der Waals surface area contributed by atoms with E-state index in [0.29, 0.717) is 21.2 Å². The number of hydrogen-bond donors (Lipinski definition) is 4. The number of benzene rings is 5. The lowest BCUT2D eigenvalue weighted by Gasteiger charge is -2.17. The number of nitrogens with zero attached hydrogens (tertiary/aromatic N) is 4. The van der Waals surface area contributed by atoms with E-state index in [1.807, 2.05) is 0 Å². The van der Waals surface area contributed by atoms with Gasteiger partial charge in [0.05, 0.1) is 32.8 Å². The van der Waals surface area contributed by atoms with E-state index in [-0.39, 0.29) is 65.3 Å². The molecule has 318 valence electrons. The van der Waals surface area contributed by atoms with Gasteiger partial charge in [0.1, 0.15) is 0 Å². The molecular weight excluding hydrogens is 925 g/mol. The van der Waals surface area contributed by atoms with Crippen molar-refractivity contribution in [2.24, 2.45) is 20.5 Å². The molecule has 4 N–H and O–H groups in total. The van der Waals surface area contributed by atoms with Crippen LogP contribution < -0.4 is 21.3 Å². The van der Waals surface area contributed by atoms with Gasteiger partial charge < -0.3 is 21.3 Å². The first-order valence-electron chi connectivity index (χ1n) is 18.0. The van der Waals surface area contributed by atoms with E-state index in [2.05, 4.69) is 41.7 Å². The maximum atomic E-state index is 13.4. The zero-order valence-corrected chi connectivity index (χ0v) is 37.3. The molecule has 0 saturated carbocycles. The van der Waals surface area contributed by atoms with Crippen LogP contribution in [0.3, 0.4) is 0 Å². The standard InChI is InChI=1S/C42H32Cl6N8O6/c1-19-20(2)34(50-42(62)38(22(4)58)56-54-30-14-24(12-28(46)16-30)40(60)52-36-18-26(44)6-8-32(36)48)10-9-33(19)49-41(61)37(21(3)57)55-53-29-13-23(11-27(45)15-29)39(59)51-35-17-25(43)5-7-31(35)47/h5-18,37-38H,1-4H3,(H,49,61)(H,50,62)(H,51,59)(H,52,60). The largest absolute Gasteiger partial charge is 0.324 e. The summed E-state index contributed by atoms with van der Waals surface area (Å²) < 4.78 is 0. The minimum Gasteiger partial charge on any atom is -0.324 e. The van der Waals surface area contributed by atoms with Gasteiger partial charge in [-0.1, -0.05) is 69.6 Å². The molecular formula is C42H32Cl6N8O6. The Morgan fingerprint density at radius 1 is 0.452 bits per heavy atom. The number of hydrogen-bond acceptors (Lipinski definition) is 10. The number of halogens is 6. The van der Waals surface area contributed by atoms with Crippen molar-refractivity contribution in [1.82, 2.24) is 0 Å². The molecule has 0 aliphatic heterocycles. The molecule has 0 saturated heterocycles. The van der Waals surface area contributed by atoms with Gasteiger partial charge in [0.2, 0.25) is 12.1 Å². The van der Waals surface area contributed by atoms with Crippen molar-refractivity contribution in [3.05, 3.63) is 137 Å². The van der Waals surface area contributed by atoms with Gasteiger partial charge in [0.15, 0.2) is 11.6 Å². The zero-order chi connectivity index (χ0) is 45.4. The summed E-state index contributed by atoms with van der Waals surface area (Å²) in [6.07, 6.45) is 0. The van der Waals surface area contributed by atoms with E-state index < -0.39 is 47.3 Å². The molecule has 0 fully saturated rings. The van der Waals surface area contributed by atoms with Crippen molar-refractivity contribution in [3.8, 4) is 0 Å². The molecule has 20 heteroatoms. The number of azo groups is 2. The molecule has 0 heterocycles. The first kappa shape index (κ1) is 47.3. The van der Waals surface area contributed by atoms with Crippen molar-refractivity contribution < 1.29 is 28.8 Å². The molecule has 5 aromatic rings. The molecule has 62 heavy (non-hydrogen) atoms. The number of carbonyl (C=O) groups is 6. The van der Waals surface area contributed by atoms with Gasteiger partial charge in [-0.2, -0.15) is 20.5 Å². The fourth-order valence-electron chi connectivity index (χ4n) is 5.48. The molecule has 0 aliphatic carbocycles. The predicted octanol–water partition coefficient (Wildman–Crippen LogP) is 12.1. The summed E-state index contributed by atoms with van der Waals surface area (Å²) in [5.41, 5.74) is 2.44. The monoisotopic (exact) mass is 954 g/mol. The highest BCUT2D eigenvalue weighted by molar-refractivity contribution is 6.37. The summed E-state index contributed by atoms with van der Waals surface area (Å²) in [6, 6.07) is 17.1. The van der Waals surface area contributed by atoms with Crippen molar-refractivity contribution in [2.75, 3.05) is 21.3 Å². The average Bonchev–Trinajstić information content (AvgIpc) is 3.20. The molecule has 14 nitrogen and oxygen atoms in total. The van der Waals surface area contributed by atoms with Gasteiger partial charge in [0.25, 0.3) is 23.6 Å². The van der Waals surface area contributed by atoms with E-state index in [1.54, 1.807) is 26.0 Å². The third-order valence-corrected chi connectivity index (χ3v) is 10.4. The van der Waals surface area contributed by atoms with E-state index in [9.17, 15) is 28.8 Å². The SMILES string of the molecule is CC(=O)C(N=Nc1cc(Cl)cc(C(=O)Nc2cc(Cl)ccc2Cl)c1)C(=O)Nc1ccc(NC(=O)C(N=Nc2cc(Cl)cc(C(=O)Nc3cc(Cl)ccc3Cl)c2)C(C)=O)c(C)c1C. The molecule has 0 aliphatic rings. The maximum Gasteiger partial charge on any atom is 0.258 e. The average molecular weight is 957 g/mol. The lowest BCUT2D eigenvalue weighted by Crippen LogP contribution is -2.33. The third kappa shape index (κ3) is 12.4. The molecule has 4 amide bonds. The first-order chi connectivity index (χ1) is 29.3. The smallest absolute Gasteiger partial charge is 0.258 e. The lowest BCUT2D eigenvalue weighted by atomic mass is 10.0. The minimum absolute atomic E-state index is 0.0785. The van der Waals surface area contributed by atoms with Crippen LogP contribution in [0.15, 0.2) is 105 Å². The number of rotatable bonds is 14. The first-order valence-corrected chi connectivity index (χ1v) is 20.2. The van der Waals surface area contributed by atoms with Crippen LogP contribution in [-0.2, 0) is 19.2 Å². The molecule has 0 radical (unpaired) electrons. The second kappa shape index (κ2) is 20.9. The number of nitrogens with one attached hydrogen (secondary N) is 4. The molecule has 0 spiro atoms. The van der Waals surface area contributed by atoms with E-state index in [4.69, 9.17) is 69.6 Å². The van der Waals surface area contributed by atoms with Gasteiger partial charge in [-0.05, 0) is 124 Å². The van der Waals surface area contributed by atoms with Gasteiger partial charge >= 0.3 is 0 Å². The summed E-state index contributed by atoms with van der Waals surface area (Å²) in [5, 5.41) is 28.0. The fraction of sp³-hybridized carbons (Fsp3) is 0.143. The van der Waals surface area contributed by atoms with E-state index in [1.165, 1.54) is 72.8 Å². The Hall–Kier alpha value is -5.74. The number of ketones is 2. The number of carbonyl (C=O) groups excluding carboxylic acids is 6. The minimum atomic E-state index is -1.59. The Kier molecular flexibility index (Phi) is 15.9. The Balaban J connectivity index is 1.27. The highest BCUT2D eigenvalue weighted by Gasteiger charge is 2.26. The Morgan fingerprint density at radius 3 is 1.18 bits per heavy atom. The summed E-state index contributed by atoms with van der Waals surface area (Å²) >= 11 is 36.9. The molecule has 0 aromatic heterocycles. The summed E-state index contributed by atoms with van der Waals surface area (Å²) in [4.78, 5) is 77.9. The normalized spacial score (nSPS) is 12.2. The van der Waals surface area contributed by atoms with Crippen molar-refractivity contribution in [3.63, 3.8) is 0 Å². The maximum absolute atomic E-state index is 13.4. The quantitative estimate of drug-likeness (QED) is 0.0630. The van der Waals surface area contributed by atoms with Crippen LogP contribution >= 0.6 is 69.6 Å². The molecule has 5 aromatic carbocycles. The molecule has 5 rings (SSSR count). The number of Topliss-reactive ketones (excluding diaryl/α,β-unsaturated/α-hetero) is 2. The second-order valence-corrected chi connectivity index (χ2v) is 16.0. The summed E-state index contributed by atoms with van der Waals surface area (Å²) in [7, 11) is 0. The third-order valence-electron chi connectivity index (χ3n) is 8.79. The van der Waals surface area contributed by atoms with Crippen LogP contribution in [0.5, 0.6) is 0 Å². The van der Waals surface area contributed by atoms with Crippen molar-refractivity contribution in [2.45, 2.75) is 39.8 Å². The highest BCUT2D eigenvalue weighted by atomic mass is 35.5.